The van der Waals surface area contributed by atoms with Gasteiger partial charge in [0.25, 0.3) is 0 Å². The van der Waals surface area contributed by atoms with E-state index in [2.05, 4.69) is 0 Å². The SMILES string of the molecule is COC1C[C@]2(O)CC(=C1C)[C@H](O)[C@H](O)[C@@]1(C)[C@H]([C@@H]2OC(=O)c2ccccc2)[C@]2(OC(C)=O)CO[C@@H]2C[C@@H]1C. The van der Waals surface area contributed by atoms with E-state index in [4.69, 9.17) is 18.9 Å². The van der Waals surface area contributed by atoms with Crippen molar-refractivity contribution in [3.63, 3.8) is 0 Å². The lowest BCUT2D eigenvalue weighted by atomic mass is 9.46. The summed E-state index contributed by atoms with van der Waals surface area (Å²) in [7, 11) is 1.51. The molecule has 1 unspecified atom stereocenters. The maximum absolute atomic E-state index is 13.5. The van der Waals surface area contributed by atoms with E-state index < -0.39 is 65.0 Å². The van der Waals surface area contributed by atoms with Gasteiger partial charge in [-0.15, -0.1) is 0 Å². The zero-order valence-electron chi connectivity index (χ0n) is 22.5. The minimum atomic E-state index is -1.68. The molecule has 0 radical (unpaired) electrons. The molecule has 10 atom stereocenters. The lowest BCUT2D eigenvalue weighted by Gasteiger charge is -2.67. The highest BCUT2D eigenvalue weighted by atomic mass is 16.6. The van der Waals surface area contributed by atoms with E-state index in [1.807, 2.05) is 20.8 Å². The molecule has 1 aliphatic heterocycles. The lowest BCUT2D eigenvalue weighted by molar-refractivity contribution is -0.352. The highest BCUT2D eigenvalue weighted by Gasteiger charge is 2.74. The Hall–Kier alpha value is -2.30. The number of esters is 2. The fraction of sp³-hybridized carbons (Fsp3) is 0.655. The number of ether oxygens (including phenoxy) is 4. The van der Waals surface area contributed by atoms with E-state index >= 15 is 0 Å². The molecule has 208 valence electrons. The molecule has 2 bridgehead atoms. The summed E-state index contributed by atoms with van der Waals surface area (Å²) in [5.41, 5.74) is -2.56. The van der Waals surface area contributed by atoms with Gasteiger partial charge in [0.15, 0.2) is 5.60 Å². The smallest absolute Gasteiger partial charge is 0.338 e. The zero-order valence-corrected chi connectivity index (χ0v) is 22.5. The first-order chi connectivity index (χ1) is 17.9. The van der Waals surface area contributed by atoms with Crippen LogP contribution in [0.25, 0.3) is 0 Å². The highest BCUT2D eigenvalue weighted by molar-refractivity contribution is 5.89. The van der Waals surface area contributed by atoms with Crippen molar-refractivity contribution < 1.29 is 43.9 Å². The largest absolute Gasteiger partial charge is 0.455 e. The molecule has 9 nitrogen and oxygen atoms in total. The van der Waals surface area contributed by atoms with E-state index in [9.17, 15) is 24.9 Å². The quantitative estimate of drug-likeness (QED) is 0.396. The fourth-order valence-electron chi connectivity index (χ4n) is 7.63. The van der Waals surface area contributed by atoms with Crippen LogP contribution in [0.1, 0.15) is 57.3 Å². The molecule has 1 aromatic carbocycles. The maximum atomic E-state index is 13.5. The van der Waals surface area contributed by atoms with Crippen molar-refractivity contribution in [2.24, 2.45) is 17.3 Å². The summed E-state index contributed by atoms with van der Waals surface area (Å²) in [4.78, 5) is 26.0. The second-order valence-electron chi connectivity index (χ2n) is 11.8. The number of methoxy groups -OCH3 is 1. The van der Waals surface area contributed by atoms with Gasteiger partial charge in [0, 0.05) is 32.3 Å². The second-order valence-corrected chi connectivity index (χ2v) is 11.8. The Labute approximate surface area is 222 Å². The molecule has 3 fully saturated rings. The van der Waals surface area contributed by atoms with Gasteiger partial charge in [-0.2, -0.15) is 0 Å². The average molecular weight is 531 g/mol. The van der Waals surface area contributed by atoms with Crippen LogP contribution in [-0.2, 0) is 23.7 Å². The van der Waals surface area contributed by atoms with Gasteiger partial charge in [-0.3, -0.25) is 4.79 Å². The Balaban J connectivity index is 1.74. The van der Waals surface area contributed by atoms with Crippen molar-refractivity contribution in [1.29, 1.82) is 0 Å². The van der Waals surface area contributed by atoms with Crippen LogP contribution in [0.4, 0.5) is 0 Å². The number of hydrogen-bond donors (Lipinski definition) is 3. The van der Waals surface area contributed by atoms with E-state index in [0.29, 0.717) is 17.6 Å². The van der Waals surface area contributed by atoms with Crippen molar-refractivity contribution in [2.45, 2.75) is 88.7 Å². The zero-order chi connectivity index (χ0) is 27.6. The molecule has 3 N–H and O–H groups in total. The maximum Gasteiger partial charge on any atom is 0.338 e. The number of carbonyl (C=O) groups is 2. The van der Waals surface area contributed by atoms with Gasteiger partial charge in [-0.05, 0) is 42.5 Å². The summed E-state index contributed by atoms with van der Waals surface area (Å²) in [6.45, 7) is 6.93. The normalized spacial score (nSPS) is 44.1. The molecule has 38 heavy (non-hydrogen) atoms. The molecule has 2 saturated carbocycles. The van der Waals surface area contributed by atoms with Crippen LogP contribution < -0.4 is 0 Å². The first-order valence-corrected chi connectivity index (χ1v) is 13.3. The molecule has 1 saturated heterocycles. The minimum Gasteiger partial charge on any atom is -0.455 e. The molecule has 5 rings (SSSR count). The summed E-state index contributed by atoms with van der Waals surface area (Å²) in [5, 5.41) is 35.9. The number of hydrogen-bond acceptors (Lipinski definition) is 9. The number of aliphatic hydroxyl groups excluding tert-OH is 2. The van der Waals surface area contributed by atoms with Crippen LogP contribution in [0.2, 0.25) is 0 Å². The van der Waals surface area contributed by atoms with Crippen LogP contribution in [0.15, 0.2) is 41.5 Å². The van der Waals surface area contributed by atoms with Crippen molar-refractivity contribution in [3.8, 4) is 0 Å². The third-order valence-electron chi connectivity index (χ3n) is 9.89. The first kappa shape index (κ1) is 27.3. The van der Waals surface area contributed by atoms with E-state index in [-0.39, 0.29) is 25.4 Å². The molecule has 9 heteroatoms. The van der Waals surface area contributed by atoms with Gasteiger partial charge in [0.1, 0.15) is 23.9 Å². The van der Waals surface area contributed by atoms with Crippen LogP contribution in [0, 0.1) is 17.3 Å². The monoisotopic (exact) mass is 530 g/mol. The molecule has 0 aromatic heterocycles. The van der Waals surface area contributed by atoms with Crippen molar-refractivity contribution in [1.82, 2.24) is 0 Å². The summed E-state index contributed by atoms with van der Waals surface area (Å²) in [5.74, 6) is -2.31. The molecule has 0 amide bonds. The highest BCUT2D eigenvalue weighted by Crippen LogP contribution is 2.63. The minimum absolute atomic E-state index is 0.0257. The van der Waals surface area contributed by atoms with Crippen molar-refractivity contribution in [2.75, 3.05) is 13.7 Å². The predicted octanol–water partition coefficient (Wildman–Crippen LogP) is 2.17. The van der Waals surface area contributed by atoms with E-state index in [1.54, 1.807) is 30.3 Å². The summed E-state index contributed by atoms with van der Waals surface area (Å²) in [6, 6.07) is 8.48. The molecule has 1 heterocycles. The number of benzene rings is 1. The Morgan fingerprint density at radius 3 is 2.42 bits per heavy atom. The van der Waals surface area contributed by atoms with Gasteiger partial charge in [0.05, 0.1) is 30.3 Å². The van der Waals surface area contributed by atoms with Gasteiger partial charge in [-0.1, -0.05) is 32.0 Å². The van der Waals surface area contributed by atoms with Crippen LogP contribution in [-0.4, -0.2) is 82.7 Å². The Bertz CT molecular complexity index is 1130. The fourth-order valence-corrected chi connectivity index (χ4v) is 7.63. The molecule has 3 aliphatic carbocycles. The molecule has 4 aliphatic rings. The van der Waals surface area contributed by atoms with Gasteiger partial charge < -0.3 is 34.3 Å². The molecular formula is C29H38O9. The summed E-state index contributed by atoms with van der Waals surface area (Å²) < 4.78 is 23.9. The number of fused-ring (bicyclic) bond motifs is 5. The van der Waals surface area contributed by atoms with Gasteiger partial charge in [-0.25, -0.2) is 4.79 Å². The number of rotatable bonds is 4. The third kappa shape index (κ3) is 3.85. The average Bonchev–Trinajstić information content (AvgIpc) is 2.88. The van der Waals surface area contributed by atoms with Crippen molar-refractivity contribution in [3.05, 3.63) is 47.0 Å². The third-order valence-corrected chi connectivity index (χ3v) is 9.89. The van der Waals surface area contributed by atoms with Crippen LogP contribution >= 0.6 is 0 Å². The standard InChI is InChI=1S/C29H38O9/c1-15-11-21-29(14-36-21,38-17(3)30)23-25(37-26(33)18-9-7-6-8-10-18)28(34)12-19(16(2)20(13-28)35-5)22(31)24(32)27(15,23)4/h6-10,15,20-25,31-32,34H,11-14H2,1-5H3/t15-,20?,21+,22-,23-,24-,25-,27+,28+,29-/m0/s1. The topological polar surface area (TPSA) is 132 Å². The molecule has 0 spiro atoms. The summed E-state index contributed by atoms with van der Waals surface area (Å²) >= 11 is 0. The van der Waals surface area contributed by atoms with Crippen LogP contribution in [0.5, 0.6) is 0 Å². The number of aliphatic hydroxyl groups is 3. The summed E-state index contributed by atoms with van der Waals surface area (Å²) in [6.07, 6.45) is -4.39. The van der Waals surface area contributed by atoms with Gasteiger partial charge >= 0.3 is 11.9 Å². The lowest BCUT2D eigenvalue weighted by Crippen LogP contribution is -2.79. The Morgan fingerprint density at radius 1 is 1.16 bits per heavy atom. The number of carbonyl (C=O) groups excluding carboxylic acids is 2. The first-order valence-electron chi connectivity index (χ1n) is 13.3. The van der Waals surface area contributed by atoms with Gasteiger partial charge in [0.2, 0.25) is 0 Å². The van der Waals surface area contributed by atoms with Crippen LogP contribution in [0.3, 0.4) is 0 Å². The molecule has 1 aromatic rings. The Morgan fingerprint density at radius 2 is 1.84 bits per heavy atom. The Kier molecular flexibility index (Phi) is 6.76. The predicted molar refractivity (Wildman–Crippen MR) is 135 cm³/mol. The second kappa shape index (κ2) is 9.41. The molecular weight excluding hydrogens is 492 g/mol. The van der Waals surface area contributed by atoms with E-state index in [0.717, 1.165) is 5.57 Å². The van der Waals surface area contributed by atoms with Crippen molar-refractivity contribution >= 4 is 11.9 Å². The van der Waals surface area contributed by atoms with E-state index in [1.165, 1.54) is 14.0 Å².